The lowest BCUT2D eigenvalue weighted by Crippen LogP contribution is -2.09. The molecule has 1 aliphatic rings. The van der Waals surface area contributed by atoms with Crippen LogP contribution in [0.25, 0.3) is 11.4 Å². The molecule has 5 nitrogen and oxygen atoms in total. The molecular weight excluding hydrogens is 312 g/mol. The van der Waals surface area contributed by atoms with Crippen LogP contribution in [0.4, 0.5) is 5.69 Å². The third-order valence-electron chi connectivity index (χ3n) is 4.41. The molecule has 0 spiro atoms. The van der Waals surface area contributed by atoms with Gasteiger partial charge in [-0.2, -0.15) is 0 Å². The van der Waals surface area contributed by atoms with Crippen molar-refractivity contribution < 1.29 is 4.79 Å². The molecule has 0 aliphatic carbocycles. The van der Waals surface area contributed by atoms with E-state index in [-0.39, 0.29) is 5.91 Å². The zero-order valence-corrected chi connectivity index (χ0v) is 14.8. The van der Waals surface area contributed by atoms with Crippen molar-refractivity contribution in [2.24, 2.45) is 0 Å². The van der Waals surface area contributed by atoms with Gasteiger partial charge in [0.05, 0.1) is 0 Å². The molecule has 1 aromatic heterocycles. The Morgan fingerprint density at radius 1 is 1.20 bits per heavy atom. The average Bonchev–Trinajstić information content (AvgIpc) is 2.85. The molecule has 1 aliphatic heterocycles. The number of amides is 1. The fourth-order valence-electron chi connectivity index (χ4n) is 3.02. The number of hydrogen-bond donors (Lipinski definition) is 1. The van der Waals surface area contributed by atoms with Gasteiger partial charge in [0.15, 0.2) is 5.82 Å². The lowest BCUT2D eigenvalue weighted by Gasteiger charge is -2.11. The highest BCUT2D eigenvalue weighted by Gasteiger charge is 2.16. The molecule has 0 radical (unpaired) electrons. The Balaban J connectivity index is 1.87. The molecule has 0 atom stereocenters. The van der Waals surface area contributed by atoms with E-state index in [1.807, 2.05) is 44.2 Å². The standard InChI is InChI=1S/C20H24N4O/c1-3-4-6-10-19(25)21-17-14-16(12-11-15(17)2)20-23-22-18-9-7-5-8-13-24(18)20/h3-4,6,10-12,14H,5,7-9,13H2,1-2H3,(H,21,25)/b4-3+,10-6+. The van der Waals surface area contributed by atoms with E-state index in [0.29, 0.717) is 0 Å². The molecule has 1 N–H and O–H groups in total. The van der Waals surface area contributed by atoms with Gasteiger partial charge in [-0.05, 0) is 38.3 Å². The molecule has 2 aromatic rings. The van der Waals surface area contributed by atoms with E-state index in [4.69, 9.17) is 0 Å². The molecule has 130 valence electrons. The zero-order chi connectivity index (χ0) is 17.6. The van der Waals surface area contributed by atoms with Gasteiger partial charge in [0.2, 0.25) is 5.91 Å². The van der Waals surface area contributed by atoms with Crippen LogP contribution in [0, 0.1) is 6.92 Å². The fourth-order valence-corrected chi connectivity index (χ4v) is 3.02. The van der Waals surface area contributed by atoms with Gasteiger partial charge >= 0.3 is 0 Å². The number of aromatic nitrogens is 3. The van der Waals surface area contributed by atoms with Crippen molar-refractivity contribution in [2.75, 3.05) is 5.32 Å². The smallest absolute Gasteiger partial charge is 0.248 e. The number of nitrogens with zero attached hydrogens (tertiary/aromatic N) is 3. The molecule has 25 heavy (non-hydrogen) atoms. The Morgan fingerprint density at radius 2 is 2.08 bits per heavy atom. The minimum absolute atomic E-state index is 0.140. The van der Waals surface area contributed by atoms with Crippen LogP contribution in [0.5, 0.6) is 0 Å². The molecule has 0 unspecified atom stereocenters. The summed E-state index contributed by atoms with van der Waals surface area (Å²) in [4.78, 5) is 12.1. The van der Waals surface area contributed by atoms with Gasteiger partial charge in [-0.1, -0.05) is 36.8 Å². The summed E-state index contributed by atoms with van der Waals surface area (Å²) >= 11 is 0. The molecular formula is C20H24N4O. The fraction of sp³-hybridized carbons (Fsp3) is 0.350. The van der Waals surface area contributed by atoms with Crippen LogP contribution in [0.1, 0.15) is 37.6 Å². The molecule has 0 saturated heterocycles. The van der Waals surface area contributed by atoms with Gasteiger partial charge in [-0.3, -0.25) is 4.79 Å². The maximum atomic E-state index is 12.1. The van der Waals surface area contributed by atoms with Crippen molar-refractivity contribution in [3.05, 3.63) is 53.9 Å². The number of anilines is 1. The van der Waals surface area contributed by atoms with Gasteiger partial charge < -0.3 is 9.88 Å². The highest BCUT2D eigenvalue weighted by molar-refractivity contribution is 6.00. The lowest BCUT2D eigenvalue weighted by atomic mass is 10.1. The van der Waals surface area contributed by atoms with Gasteiger partial charge in [-0.15, -0.1) is 10.2 Å². The summed E-state index contributed by atoms with van der Waals surface area (Å²) in [7, 11) is 0. The Morgan fingerprint density at radius 3 is 2.92 bits per heavy atom. The first-order valence-corrected chi connectivity index (χ1v) is 8.82. The van der Waals surface area contributed by atoms with E-state index >= 15 is 0 Å². The number of allylic oxidation sites excluding steroid dienone is 3. The van der Waals surface area contributed by atoms with E-state index in [0.717, 1.165) is 47.8 Å². The number of benzene rings is 1. The second-order valence-electron chi connectivity index (χ2n) is 6.31. The minimum atomic E-state index is -0.140. The molecule has 5 heteroatoms. The van der Waals surface area contributed by atoms with E-state index in [2.05, 4.69) is 20.1 Å². The van der Waals surface area contributed by atoms with Gasteiger partial charge in [0.25, 0.3) is 0 Å². The third-order valence-corrected chi connectivity index (χ3v) is 4.41. The molecule has 3 rings (SSSR count). The number of rotatable bonds is 4. The zero-order valence-electron chi connectivity index (χ0n) is 14.8. The van der Waals surface area contributed by atoms with E-state index in [1.54, 1.807) is 6.08 Å². The summed E-state index contributed by atoms with van der Waals surface area (Å²) in [6, 6.07) is 6.04. The van der Waals surface area contributed by atoms with Crippen LogP contribution in [0.15, 0.2) is 42.5 Å². The SMILES string of the molecule is C/C=C/C=C/C(=O)Nc1cc(-c2nnc3n2CCCCC3)ccc1C. The minimum Gasteiger partial charge on any atom is -0.322 e. The van der Waals surface area contributed by atoms with Crippen molar-refractivity contribution >= 4 is 11.6 Å². The van der Waals surface area contributed by atoms with Crippen molar-refractivity contribution in [1.29, 1.82) is 0 Å². The number of carbonyl (C=O) groups is 1. The summed E-state index contributed by atoms with van der Waals surface area (Å²) in [5.41, 5.74) is 2.81. The maximum Gasteiger partial charge on any atom is 0.248 e. The Bertz CT molecular complexity index is 817. The summed E-state index contributed by atoms with van der Waals surface area (Å²) in [5.74, 6) is 1.81. The second-order valence-corrected chi connectivity index (χ2v) is 6.31. The highest BCUT2D eigenvalue weighted by atomic mass is 16.1. The molecule has 0 fully saturated rings. The van der Waals surface area contributed by atoms with Crippen molar-refractivity contribution in [1.82, 2.24) is 14.8 Å². The molecule has 0 bridgehead atoms. The van der Waals surface area contributed by atoms with Crippen molar-refractivity contribution in [3.63, 3.8) is 0 Å². The first-order valence-electron chi connectivity index (χ1n) is 8.82. The van der Waals surface area contributed by atoms with Crippen molar-refractivity contribution in [2.45, 2.75) is 46.1 Å². The summed E-state index contributed by atoms with van der Waals surface area (Å²) in [6.07, 6.45) is 11.5. The number of nitrogens with one attached hydrogen (secondary N) is 1. The van der Waals surface area contributed by atoms with Gasteiger partial charge in [-0.25, -0.2) is 0 Å². The normalized spacial score (nSPS) is 14.6. The Hall–Kier alpha value is -2.69. The first-order chi connectivity index (χ1) is 12.2. The second kappa shape index (κ2) is 7.92. The predicted molar refractivity (Wildman–Crippen MR) is 100 cm³/mol. The highest BCUT2D eigenvalue weighted by Crippen LogP contribution is 2.26. The molecule has 2 heterocycles. The summed E-state index contributed by atoms with van der Waals surface area (Å²) in [5, 5.41) is 11.7. The Labute approximate surface area is 148 Å². The van der Waals surface area contributed by atoms with E-state index < -0.39 is 0 Å². The number of aryl methyl sites for hydroxylation is 2. The summed E-state index contributed by atoms with van der Waals surface area (Å²) in [6.45, 7) is 4.86. The molecule has 1 aromatic carbocycles. The molecule has 1 amide bonds. The van der Waals surface area contributed by atoms with Crippen LogP contribution in [0.2, 0.25) is 0 Å². The van der Waals surface area contributed by atoms with E-state index in [9.17, 15) is 4.79 Å². The lowest BCUT2D eigenvalue weighted by molar-refractivity contribution is -0.111. The van der Waals surface area contributed by atoms with Crippen LogP contribution in [0.3, 0.4) is 0 Å². The van der Waals surface area contributed by atoms with Gasteiger partial charge in [0.1, 0.15) is 5.82 Å². The van der Waals surface area contributed by atoms with Crippen LogP contribution < -0.4 is 5.32 Å². The van der Waals surface area contributed by atoms with Crippen molar-refractivity contribution in [3.8, 4) is 11.4 Å². The maximum absolute atomic E-state index is 12.1. The van der Waals surface area contributed by atoms with Gasteiger partial charge in [0, 0.05) is 30.3 Å². The van der Waals surface area contributed by atoms with Crippen LogP contribution >= 0.6 is 0 Å². The van der Waals surface area contributed by atoms with Crippen LogP contribution in [-0.2, 0) is 17.8 Å². The van der Waals surface area contributed by atoms with Crippen LogP contribution in [-0.4, -0.2) is 20.7 Å². The monoisotopic (exact) mass is 336 g/mol. The summed E-state index contributed by atoms with van der Waals surface area (Å²) < 4.78 is 2.22. The third kappa shape index (κ3) is 4.05. The largest absolute Gasteiger partial charge is 0.322 e. The predicted octanol–water partition coefficient (Wildman–Crippen LogP) is 4.05. The number of carbonyl (C=O) groups excluding carboxylic acids is 1. The molecule has 0 saturated carbocycles. The van der Waals surface area contributed by atoms with E-state index in [1.165, 1.54) is 18.9 Å². The quantitative estimate of drug-likeness (QED) is 0.677. The topological polar surface area (TPSA) is 59.8 Å². The number of hydrogen-bond acceptors (Lipinski definition) is 3. The number of fused-ring (bicyclic) bond motifs is 1. The first kappa shape index (κ1) is 17.1. The average molecular weight is 336 g/mol. The Kier molecular flexibility index (Phi) is 5.43.